The van der Waals surface area contributed by atoms with E-state index in [0.717, 1.165) is 42.4 Å². The first-order valence-electron chi connectivity index (χ1n) is 10.7. The number of hydrogen-bond donors (Lipinski definition) is 1. The van der Waals surface area contributed by atoms with Crippen molar-refractivity contribution in [3.05, 3.63) is 64.1 Å². The number of piperidine rings is 1. The van der Waals surface area contributed by atoms with Crippen LogP contribution >= 0.6 is 0 Å². The monoisotopic (exact) mass is 420 g/mol. The molecule has 31 heavy (non-hydrogen) atoms. The Morgan fingerprint density at radius 1 is 1.10 bits per heavy atom. The lowest BCUT2D eigenvalue weighted by Gasteiger charge is -2.33. The molecular weight excluding hydrogens is 392 g/mol. The highest BCUT2D eigenvalue weighted by Crippen LogP contribution is 2.22. The maximum Gasteiger partial charge on any atom is 0.329 e. The van der Waals surface area contributed by atoms with Crippen LogP contribution < -0.4 is 11.0 Å². The summed E-state index contributed by atoms with van der Waals surface area (Å²) in [7, 11) is 1.70. The molecular formula is C24H28N4O3. The van der Waals surface area contributed by atoms with Gasteiger partial charge in [0.05, 0.1) is 11.0 Å². The van der Waals surface area contributed by atoms with Gasteiger partial charge in [0.2, 0.25) is 5.91 Å². The van der Waals surface area contributed by atoms with Crippen molar-refractivity contribution < 1.29 is 9.59 Å². The third-order valence-electron chi connectivity index (χ3n) is 6.16. The first kappa shape index (κ1) is 20.9. The number of likely N-dealkylation sites (tertiary alicyclic amines) is 1. The number of benzene rings is 2. The molecule has 2 amide bonds. The topological polar surface area (TPSA) is 76.3 Å². The molecule has 2 heterocycles. The quantitative estimate of drug-likeness (QED) is 0.704. The van der Waals surface area contributed by atoms with Crippen molar-refractivity contribution in [2.45, 2.75) is 45.7 Å². The van der Waals surface area contributed by atoms with E-state index in [1.165, 1.54) is 9.13 Å². The van der Waals surface area contributed by atoms with Crippen molar-refractivity contribution in [1.29, 1.82) is 0 Å². The second-order valence-electron chi connectivity index (χ2n) is 8.34. The number of nitrogens with zero attached hydrogens (tertiary/aromatic N) is 3. The van der Waals surface area contributed by atoms with Gasteiger partial charge in [-0.15, -0.1) is 0 Å². The summed E-state index contributed by atoms with van der Waals surface area (Å²) in [4.78, 5) is 40.1. The van der Waals surface area contributed by atoms with Crippen molar-refractivity contribution in [3.8, 4) is 0 Å². The summed E-state index contributed by atoms with van der Waals surface area (Å²) in [5.41, 5.74) is 3.36. The molecule has 0 aliphatic carbocycles. The molecule has 1 unspecified atom stereocenters. The molecule has 3 aromatic rings. The number of nitrogens with one attached hydrogen (secondary N) is 1. The van der Waals surface area contributed by atoms with Crippen LogP contribution in [0, 0.1) is 6.92 Å². The van der Waals surface area contributed by atoms with E-state index in [9.17, 15) is 14.4 Å². The second kappa shape index (κ2) is 8.41. The molecule has 1 fully saturated rings. The third kappa shape index (κ3) is 4.00. The van der Waals surface area contributed by atoms with E-state index in [2.05, 4.69) is 12.2 Å². The molecule has 2 aromatic carbocycles. The maximum atomic E-state index is 12.9. The van der Waals surface area contributed by atoms with Gasteiger partial charge in [0.1, 0.15) is 6.54 Å². The van der Waals surface area contributed by atoms with Crippen LogP contribution in [0.15, 0.2) is 47.3 Å². The lowest BCUT2D eigenvalue weighted by atomic mass is 10.0. The van der Waals surface area contributed by atoms with Gasteiger partial charge in [-0.2, -0.15) is 0 Å². The lowest BCUT2D eigenvalue weighted by Crippen LogP contribution is -2.42. The molecule has 1 atom stereocenters. The van der Waals surface area contributed by atoms with Gasteiger partial charge in [-0.25, -0.2) is 4.79 Å². The van der Waals surface area contributed by atoms with E-state index in [1.807, 2.05) is 42.2 Å². The number of hydrogen-bond acceptors (Lipinski definition) is 3. The molecule has 0 spiro atoms. The number of fused-ring (bicyclic) bond motifs is 1. The lowest BCUT2D eigenvalue weighted by molar-refractivity contribution is -0.116. The van der Waals surface area contributed by atoms with Crippen LogP contribution in [0.1, 0.15) is 42.1 Å². The standard InChI is InChI=1S/C24H28N4O3/c1-16-14-18(23(30)27-13-7-6-8-17(27)2)11-12-19(16)25-22(29)15-28-21-10-5-4-9-20(21)26(3)24(28)31/h4-5,9-12,14,17H,6-8,13,15H2,1-3H3,(H,25,29). The number of carbonyl (C=O) groups excluding carboxylic acids is 2. The summed E-state index contributed by atoms with van der Waals surface area (Å²) < 4.78 is 3.01. The minimum Gasteiger partial charge on any atom is -0.336 e. The molecule has 1 aromatic heterocycles. The van der Waals surface area contributed by atoms with Crippen LogP contribution in [0.25, 0.3) is 11.0 Å². The number of imidazole rings is 1. The highest BCUT2D eigenvalue weighted by atomic mass is 16.2. The molecule has 1 aliphatic rings. The number of carbonyl (C=O) groups is 2. The predicted molar refractivity (Wildman–Crippen MR) is 121 cm³/mol. The van der Waals surface area contributed by atoms with Gasteiger partial charge in [0.15, 0.2) is 0 Å². The fourth-order valence-electron chi connectivity index (χ4n) is 4.35. The van der Waals surface area contributed by atoms with Crippen LogP contribution in [-0.2, 0) is 18.4 Å². The van der Waals surface area contributed by atoms with Crippen LogP contribution in [-0.4, -0.2) is 38.4 Å². The Balaban J connectivity index is 1.50. The summed E-state index contributed by atoms with van der Waals surface area (Å²) >= 11 is 0. The summed E-state index contributed by atoms with van der Waals surface area (Å²) in [5, 5.41) is 2.88. The van der Waals surface area contributed by atoms with Crippen molar-refractivity contribution in [3.63, 3.8) is 0 Å². The normalized spacial score (nSPS) is 16.5. The molecule has 0 bridgehead atoms. The van der Waals surface area contributed by atoms with E-state index in [4.69, 9.17) is 0 Å². The summed E-state index contributed by atoms with van der Waals surface area (Å²) in [5.74, 6) is -0.249. The molecule has 1 saturated heterocycles. The molecule has 0 saturated carbocycles. The predicted octanol–water partition coefficient (Wildman–Crippen LogP) is 3.30. The average molecular weight is 421 g/mol. The number of para-hydroxylation sites is 2. The second-order valence-corrected chi connectivity index (χ2v) is 8.34. The largest absolute Gasteiger partial charge is 0.336 e. The van der Waals surface area contributed by atoms with E-state index < -0.39 is 0 Å². The molecule has 7 nitrogen and oxygen atoms in total. The Labute approximate surface area is 181 Å². The Morgan fingerprint density at radius 2 is 1.84 bits per heavy atom. The molecule has 0 radical (unpaired) electrons. The van der Waals surface area contributed by atoms with Crippen LogP contribution in [0.3, 0.4) is 0 Å². The zero-order chi connectivity index (χ0) is 22.1. The number of anilines is 1. The van der Waals surface area contributed by atoms with Gasteiger partial charge >= 0.3 is 5.69 Å². The van der Waals surface area contributed by atoms with Gasteiger partial charge in [0, 0.05) is 30.9 Å². The average Bonchev–Trinajstić information content (AvgIpc) is 3.00. The van der Waals surface area contributed by atoms with Crippen LogP contribution in [0.4, 0.5) is 5.69 Å². The molecule has 1 aliphatic heterocycles. The fraction of sp³-hybridized carbons (Fsp3) is 0.375. The van der Waals surface area contributed by atoms with E-state index >= 15 is 0 Å². The number of amides is 2. The molecule has 4 rings (SSSR count). The first-order valence-corrected chi connectivity index (χ1v) is 10.7. The van der Waals surface area contributed by atoms with E-state index in [1.54, 1.807) is 19.2 Å². The van der Waals surface area contributed by atoms with Crippen molar-refractivity contribution in [2.24, 2.45) is 7.05 Å². The highest BCUT2D eigenvalue weighted by Gasteiger charge is 2.24. The first-order chi connectivity index (χ1) is 14.9. The Morgan fingerprint density at radius 3 is 2.55 bits per heavy atom. The fourth-order valence-corrected chi connectivity index (χ4v) is 4.35. The van der Waals surface area contributed by atoms with Gasteiger partial charge in [-0.3, -0.25) is 18.7 Å². The SMILES string of the molecule is Cc1cc(C(=O)N2CCCCC2C)ccc1NC(=O)Cn1c(=O)n(C)c2ccccc21. The Bertz CT molecular complexity index is 1210. The zero-order valence-electron chi connectivity index (χ0n) is 18.2. The Hall–Kier alpha value is -3.35. The minimum atomic E-state index is -0.287. The minimum absolute atomic E-state index is 0.0375. The zero-order valence-corrected chi connectivity index (χ0v) is 18.2. The van der Waals surface area contributed by atoms with Crippen LogP contribution in [0.5, 0.6) is 0 Å². The van der Waals surface area contributed by atoms with Crippen molar-refractivity contribution in [1.82, 2.24) is 14.0 Å². The highest BCUT2D eigenvalue weighted by molar-refractivity contribution is 5.97. The van der Waals surface area contributed by atoms with Gasteiger partial charge in [-0.05, 0) is 69.0 Å². The smallest absolute Gasteiger partial charge is 0.329 e. The van der Waals surface area contributed by atoms with Gasteiger partial charge in [-0.1, -0.05) is 12.1 Å². The summed E-state index contributed by atoms with van der Waals surface area (Å²) in [6.07, 6.45) is 3.23. The molecule has 162 valence electrons. The van der Waals surface area contributed by atoms with Crippen molar-refractivity contribution >= 4 is 28.5 Å². The van der Waals surface area contributed by atoms with Gasteiger partial charge in [0.25, 0.3) is 5.91 Å². The van der Waals surface area contributed by atoms with E-state index in [-0.39, 0.29) is 30.1 Å². The number of rotatable bonds is 4. The van der Waals surface area contributed by atoms with E-state index in [0.29, 0.717) is 11.3 Å². The van der Waals surface area contributed by atoms with Crippen LogP contribution in [0.2, 0.25) is 0 Å². The van der Waals surface area contributed by atoms with Crippen molar-refractivity contribution in [2.75, 3.05) is 11.9 Å². The number of aryl methyl sites for hydroxylation is 2. The summed E-state index contributed by atoms with van der Waals surface area (Å²) in [6, 6.07) is 13.0. The molecule has 7 heteroatoms. The third-order valence-corrected chi connectivity index (χ3v) is 6.16. The number of aromatic nitrogens is 2. The summed E-state index contributed by atoms with van der Waals surface area (Å²) in [6.45, 7) is 4.67. The van der Waals surface area contributed by atoms with Gasteiger partial charge < -0.3 is 10.2 Å². The maximum absolute atomic E-state index is 12.9. The Kier molecular flexibility index (Phi) is 5.67. The molecule has 1 N–H and O–H groups in total.